The van der Waals surface area contributed by atoms with Crippen molar-refractivity contribution in [1.29, 1.82) is 0 Å². The first-order valence-electron chi connectivity index (χ1n) is 10.8. The SMILES string of the molecule is Cc1cc([C@@H]2[C@H](c3ccccn3)NC(=S)N2Cc2ccco2)c(C)n1Cc1ccccc1. The Labute approximate surface area is 193 Å². The molecule has 0 saturated carbocycles. The molecule has 1 N–H and O–H groups in total. The number of aryl methyl sites for hydroxylation is 1. The Balaban J connectivity index is 1.56. The van der Waals surface area contributed by atoms with Crippen LogP contribution < -0.4 is 5.32 Å². The van der Waals surface area contributed by atoms with Crippen molar-refractivity contribution in [3.63, 3.8) is 0 Å². The van der Waals surface area contributed by atoms with Crippen molar-refractivity contribution in [2.45, 2.75) is 39.0 Å². The summed E-state index contributed by atoms with van der Waals surface area (Å²) in [5.74, 6) is 0.888. The van der Waals surface area contributed by atoms with E-state index in [9.17, 15) is 0 Å². The van der Waals surface area contributed by atoms with Gasteiger partial charge in [-0.15, -0.1) is 0 Å². The molecule has 4 heterocycles. The summed E-state index contributed by atoms with van der Waals surface area (Å²) >= 11 is 5.79. The van der Waals surface area contributed by atoms with Crippen molar-refractivity contribution < 1.29 is 4.42 Å². The second-order valence-corrected chi connectivity index (χ2v) is 8.62. The van der Waals surface area contributed by atoms with Crippen LogP contribution in [0, 0.1) is 13.8 Å². The molecule has 2 atom stereocenters. The lowest BCUT2D eigenvalue weighted by atomic mass is 9.96. The summed E-state index contributed by atoms with van der Waals surface area (Å²) in [5.41, 5.74) is 6.00. The van der Waals surface area contributed by atoms with Gasteiger partial charge in [0.15, 0.2) is 5.11 Å². The number of benzene rings is 1. The summed E-state index contributed by atoms with van der Waals surface area (Å²) < 4.78 is 8.04. The van der Waals surface area contributed by atoms with E-state index < -0.39 is 0 Å². The predicted molar refractivity (Wildman–Crippen MR) is 129 cm³/mol. The third-order valence-electron chi connectivity index (χ3n) is 6.22. The van der Waals surface area contributed by atoms with Gasteiger partial charge in [-0.05, 0) is 67.5 Å². The topological polar surface area (TPSA) is 46.2 Å². The number of nitrogens with one attached hydrogen (secondary N) is 1. The quantitative estimate of drug-likeness (QED) is 0.410. The lowest BCUT2D eigenvalue weighted by Gasteiger charge is -2.27. The van der Waals surface area contributed by atoms with Crippen LogP contribution in [0.3, 0.4) is 0 Å². The van der Waals surface area contributed by atoms with Crippen molar-refractivity contribution >= 4 is 17.3 Å². The zero-order valence-electron chi connectivity index (χ0n) is 18.2. The number of pyridine rings is 1. The monoisotopic (exact) mass is 442 g/mol. The highest BCUT2D eigenvalue weighted by atomic mass is 32.1. The van der Waals surface area contributed by atoms with Gasteiger partial charge in [0.05, 0.1) is 30.6 Å². The van der Waals surface area contributed by atoms with Gasteiger partial charge in [-0.2, -0.15) is 0 Å². The van der Waals surface area contributed by atoms with Crippen LogP contribution in [0.4, 0.5) is 0 Å². The number of thiocarbonyl (C=S) groups is 1. The normalized spacial score (nSPS) is 18.2. The van der Waals surface area contributed by atoms with Crippen LogP contribution in [0.15, 0.2) is 83.6 Å². The van der Waals surface area contributed by atoms with Gasteiger partial charge in [0.2, 0.25) is 0 Å². The fourth-order valence-electron chi connectivity index (χ4n) is 4.62. The van der Waals surface area contributed by atoms with Gasteiger partial charge in [0.25, 0.3) is 0 Å². The highest BCUT2D eigenvalue weighted by Crippen LogP contribution is 2.41. The summed E-state index contributed by atoms with van der Waals surface area (Å²) in [4.78, 5) is 6.87. The fraction of sp³-hybridized carbons (Fsp3) is 0.231. The smallest absolute Gasteiger partial charge is 0.170 e. The zero-order valence-corrected chi connectivity index (χ0v) is 19.0. The Bertz CT molecular complexity index is 1200. The summed E-state index contributed by atoms with van der Waals surface area (Å²) in [6, 6.07) is 22.8. The third-order valence-corrected chi connectivity index (χ3v) is 6.57. The van der Waals surface area contributed by atoms with Crippen LogP contribution in [0.5, 0.6) is 0 Å². The van der Waals surface area contributed by atoms with Crippen LogP contribution >= 0.6 is 12.2 Å². The molecular formula is C26H26N4OS. The molecule has 4 aromatic rings. The van der Waals surface area contributed by atoms with E-state index >= 15 is 0 Å². The molecule has 0 amide bonds. The minimum Gasteiger partial charge on any atom is -0.467 e. The number of hydrogen-bond acceptors (Lipinski definition) is 3. The number of nitrogens with zero attached hydrogens (tertiary/aromatic N) is 3. The molecular weight excluding hydrogens is 416 g/mol. The Hall–Kier alpha value is -3.38. The second-order valence-electron chi connectivity index (χ2n) is 8.23. The molecule has 162 valence electrons. The molecule has 0 unspecified atom stereocenters. The van der Waals surface area contributed by atoms with Gasteiger partial charge in [-0.3, -0.25) is 4.98 Å². The standard InChI is InChI=1S/C26H26N4OS/c1-18-15-22(19(2)29(18)16-20-9-4-3-5-10-20)25-24(23-12-6-7-13-27-23)28-26(32)30(25)17-21-11-8-14-31-21/h3-15,24-25H,16-17H2,1-2H3,(H,28,32)/t24-,25+/m0/s1. The van der Waals surface area contributed by atoms with E-state index in [4.69, 9.17) is 16.6 Å². The minimum atomic E-state index is -0.0377. The molecule has 1 aliphatic rings. The Kier molecular flexibility index (Phi) is 5.53. The molecule has 3 aromatic heterocycles. The van der Waals surface area contributed by atoms with E-state index in [0.29, 0.717) is 6.54 Å². The highest BCUT2D eigenvalue weighted by molar-refractivity contribution is 7.80. The van der Waals surface area contributed by atoms with Crippen molar-refractivity contribution in [3.05, 3.63) is 113 Å². The summed E-state index contributed by atoms with van der Waals surface area (Å²) in [5, 5.41) is 4.25. The first-order chi connectivity index (χ1) is 15.6. The molecule has 0 bridgehead atoms. The Morgan fingerprint density at radius 1 is 1.00 bits per heavy atom. The zero-order chi connectivity index (χ0) is 22.1. The fourth-order valence-corrected chi connectivity index (χ4v) is 4.93. The van der Waals surface area contributed by atoms with Gasteiger partial charge >= 0.3 is 0 Å². The molecule has 1 fully saturated rings. The average molecular weight is 443 g/mol. The van der Waals surface area contributed by atoms with Crippen molar-refractivity contribution in [1.82, 2.24) is 19.8 Å². The van der Waals surface area contributed by atoms with Crippen LogP contribution in [-0.4, -0.2) is 19.6 Å². The second kappa shape index (κ2) is 8.63. The molecule has 0 radical (unpaired) electrons. The molecule has 32 heavy (non-hydrogen) atoms. The van der Waals surface area contributed by atoms with Gasteiger partial charge in [0, 0.05) is 24.1 Å². The first-order valence-corrected chi connectivity index (χ1v) is 11.2. The first kappa shape index (κ1) is 20.5. The Morgan fingerprint density at radius 2 is 1.81 bits per heavy atom. The van der Waals surface area contributed by atoms with E-state index in [1.54, 1.807) is 6.26 Å². The molecule has 5 rings (SSSR count). The third kappa shape index (κ3) is 3.82. The highest BCUT2D eigenvalue weighted by Gasteiger charge is 2.41. The van der Waals surface area contributed by atoms with Crippen LogP contribution in [-0.2, 0) is 13.1 Å². The lowest BCUT2D eigenvalue weighted by molar-refractivity contribution is 0.286. The van der Waals surface area contributed by atoms with Gasteiger partial charge < -0.3 is 19.2 Å². The maximum Gasteiger partial charge on any atom is 0.170 e. The van der Waals surface area contributed by atoms with Crippen LogP contribution in [0.2, 0.25) is 0 Å². The van der Waals surface area contributed by atoms with Crippen molar-refractivity contribution in [3.8, 4) is 0 Å². The van der Waals surface area contributed by atoms with Crippen molar-refractivity contribution in [2.24, 2.45) is 0 Å². The predicted octanol–water partition coefficient (Wildman–Crippen LogP) is 5.31. The summed E-state index contributed by atoms with van der Waals surface area (Å²) in [7, 11) is 0. The number of aromatic nitrogens is 2. The number of furan rings is 1. The van der Waals surface area contributed by atoms with Gasteiger partial charge in [0.1, 0.15) is 5.76 Å². The van der Waals surface area contributed by atoms with Crippen molar-refractivity contribution in [2.75, 3.05) is 0 Å². The van der Waals surface area contributed by atoms with E-state index in [0.717, 1.165) is 23.1 Å². The molecule has 1 aliphatic heterocycles. The van der Waals surface area contributed by atoms with Gasteiger partial charge in [-0.1, -0.05) is 36.4 Å². The molecule has 6 heteroatoms. The van der Waals surface area contributed by atoms with E-state index in [1.165, 1.54) is 22.5 Å². The summed E-state index contributed by atoms with van der Waals surface area (Å²) in [6.45, 7) is 5.82. The summed E-state index contributed by atoms with van der Waals surface area (Å²) in [6.07, 6.45) is 3.55. The maximum absolute atomic E-state index is 5.79. The lowest BCUT2D eigenvalue weighted by Crippen LogP contribution is -2.29. The molecule has 0 aliphatic carbocycles. The van der Waals surface area contributed by atoms with Crippen LogP contribution in [0.25, 0.3) is 0 Å². The van der Waals surface area contributed by atoms with E-state index in [-0.39, 0.29) is 12.1 Å². The molecule has 5 nitrogen and oxygen atoms in total. The Morgan fingerprint density at radius 3 is 2.53 bits per heavy atom. The van der Waals surface area contributed by atoms with Gasteiger partial charge in [-0.25, -0.2) is 0 Å². The van der Waals surface area contributed by atoms with Crippen LogP contribution in [0.1, 0.15) is 46.1 Å². The molecule has 1 saturated heterocycles. The minimum absolute atomic E-state index is 0.0122. The molecule has 0 spiro atoms. The van der Waals surface area contributed by atoms with E-state index in [1.807, 2.05) is 30.5 Å². The van der Waals surface area contributed by atoms with E-state index in [2.05, 4.69) is 76.1 Å². The number of hydrogen-bond donors (Lipinski definition) is 1. The average Bonchev–Trinajstić information content (AvgIpc) is 3.51. The molecule has 1 aromatic carbocycles. The number of rotatable bonds is 6. The largest absolute Gasteiger partial charge is 0.467 e. The maximum atomic E-state index is 5.79.